The zero-order chi connectivity index (χ0) is 14.5. The maximum atomic E-state index is 11.5. The van der Waals surface area contributed by atoms with E-state index in [0.717, 1.165) is 23.9 Å². The molecule has 3 heteroatoms. The van der Waals surface area contributed by atoms with Gasteiger partial charge >= 0.3 is 0 Å². The van der Waals surface area contributed by atoms with E-state index < -0.39 is 0 Å². The normalized spacial score (nSPS) is 26.2. The number of hydrogen-bond donors (Lipinski definition) is 2. The van der Waals surface area contributed by atoms with Gasteiger partial charge in [-0.25, -0.2) is 0 Å². The molecule has 1 aliphatic carbocycles. The molecule has 0 radical (unpaired) electrons. The zero-order valence-corrected chi connectivity index (χ0v) is 12.8. The number of amides is 1. The molecular weight excluding hydrogens is 248 g/mol. The molecule has 2 N–H and O–H groups in total. The summed E-state index contributed by atoms with van der Waals surface area (Å²) in [4.78, 5) is 11.5. The molecule has 1 amide bonds. The second-order valence-corrected chi connectivity index (χ2v) is 6.07. The quantitative estimate of drug-likeness (QED) is 0.886. The maximum Gasteiger partial charge on any atom is 0.251 e. The lowest BCUT2D eigenvalue weighted by Gasteiger charge is -2.35. The van der Waals surface area contributed by atoms with Crippen molar-refractivity contribution < 1.29 is 4.79 Å². The van der Waals surface area contributed by atoms with Crippen LogP contribution in [0.25, 0.3) is 0 Å². The van der Waals surface area contributed by atoms with E-state index in [0.29, 0.717) is 6.04 Å². The van der Waals surface area contributed by atoms with E-state index in [1.807, 2.05) is 24.3 Å². The molecule has 0 saturated heterocycles. The smallest absolute Gasteiger partial charge is 0.251 e. The van der Waals surface area contributed by atoms with Crippen LogP contribution in [0.5, 0.6) is 0 Å². The van der Waals surface area contributed by atoms with E-state index in [1.54, 1.807) is 7.05 Å². The van der Waals surface area contributed by atoms with Crippen LogP contribution in [0.3, 0.4) is 0 Å². The minimum atomic E-state index is -0.0287. The molecule has 20 heavy (non-hydrogen) atoms. The summed E-state index contributed by atoms with van der Waals surface area (Å²) in [5.41, 5.74) is 1.96. The van der Waals surface area contributed by atoms with E-state index in [1.165, 1.54) is 24.8 Å². The van der Waals surface area contributed by atoms with E-state index in [-0.39, 0.29) is 5.91 Å². The molecule has 0 aromatic heterocycles. The van der Waals surface area contributed by atoms with Crippen LogP contribution < -0.4 is 10.6 Å². The van der Waals surface area contributed by atoms with Gasteiger partial charge in [-0.2, -0.15) is 0 Å². The van der Waals surface area contributed by atoms with Crippen molar-refractivity contribution in [2.75, 3.05) is 7.05 Å². The van der Waals surface area contributed by atoms with Crippen LogP contribution >= 0.6 is 0 Å². The molecule has 0 aliphatic heterocycles. The van der Waals surface area contributed by atoms with Gasteiger partial charge in [0, 0.05) is 25.2 Å². The first-order valence-corrected chi connectivity index (χ1v) is 7.66. The molecule has 0 spiro atoms. The third kappa shape index (κ3) is 3.60. The van der Waals surface area contributed by atoms with Crippen molar-refractivity contribution in [3.05, 3.63) is 35.4 Å². The predicted molar refractivity (Wildman–Crippen MR) is 82.6 cm³/mol. The third-order valence-electron chi connectivity index (χ3n) is 4.53. The van der Waals surface area contributed by atoms with Gasteiger partial charge in [0.15, 0.2) is 0 Å². The van der Waals surface area contributed by atoms with Gasteiger partial charge in [-0.1, -0.05) is 32.4 Å². The Kier molecular flexibility index (Phi) is 5.18. The van der Waals surface area contributed by atoms with Crippen molar-refractivity contribution >= 4 is 5.91 Å². The minimum absolute atomic E-state index is 0.0287. The van der Waals surface area contributed by atoms with Crippen LogP contribution in [0.4, 0.5) is 0 Å². The van der Waals surface area contributed by atoms with Gasteiger partial charge in [-0.15, -0.1) is 0 Å². The first kappa shape index (κ1) is 15.0. The van der Waals surface area contributed by atoms with Gasteiger partial charge in [0.05, 0.1) is 0 Å². The lowest BCUT2D eigenvalue weighted by Crippen LogP contribution is -2.42. The topological polar surface area (TPSA) is 41.1 Å². The Morgan fingerprint density at radius 3 is 2.30 bits per heavy atom. The van der Waals surface area contributed by atoms with Crippen LogP contribution in [-0.2, 0) is 6.54 Å². The molecule has 2 unspecified atom stereocenters. The van der Waals surface area contributed by atoms with E-state index >= 15 is 0 Å². The van der Waals surface area contributed by atoms with Gasteiger partial charge < -0.3 is 10.6 Å². The summed E-state index contributed by atoms with van der Waals surface area (Å²) < 4.78 is 0. The standard InChI is InChI=1S/C17H26N2O/c1-12-5-4-6-13(2)16(12)19-11-14-7-9-15(10-8-14)17(20)18-3/h7-10,12-13,16,19H,4-6,11H2,1-3H3,(H,18,20). The van der Waals surface area contributed by atoms with Gasteiger partial charge in [0.1, 0.15) is 0 Å². The molecule has 110 valence electrons. The summed E-state index contributed by atoms with van der Waals surface area (Å²) in [6.07, 6.45) is 4.02. The average molecular weight is 274 g/mol. The number of carbonyl (C=O) groups excluding carboxylic acids is 1. The molecule has 0 heterocycles. The average Bonchev–Trinajstić information content (AvgIpc) is 2.46. The van der Waals surface area contributed by atoms with Gasteiger partial charge in [-0.05, 0) is 42.4 Å². The SMILES string of the molecule is CNC(=O)c1ccc(CNC2C(C)CCCC2C)cc1. The molecule has 1 aromatic carbocycles. The molecule has 1 aromatic rings. The van der Waals surface area contributed by atoms with E-state index in [4.69, 9.17) is 0 Å². The molecule has 2 rings (SSSR count). The fourth-order valence-electron chi connectivity index (χ4n) is 3.24. The number of rotatable bonds is 4. The first-order chi connectivity index (χ1) is 9.61. The number of nitrogens with one attached hydrogen (secondary N) is 2. The maximum absolute atomic E-state index is 11.5. The number of carbonyl (C=O) groups is 1. The Labute approximate surface area is 122 Å². The Balaban J connectivity index is 1.92. The van der Waals surface area contributed by atoms with E-state index in [2.05, 4.69) is 24.5 Å². The predicted octanol–water partition coefficient (Wildman–Crippen LogP) is 2.96. The van der Waals surface area contributed by atoms with Crippen LogP contribution in [-0.4, -0.2) is 19.0 Å². The number of hydrogen-bond acceptors (Lipinski definition) is 2. The zero-order valence-electron chi connectivity index (χ0n) is 12.8. The fraction of sp³-hybridized carbons (Fsp3) is 0.588. The van der Waals surface area contributed by atoms with Crippen molar-refractivity contribution in [2.24, 2.45) is 11.8 Å². The Morgan fingerprint density at radius 2 is 1.75 bits per heavy atom. The summed E-state index contributed by atoms with van der Waals surface area (Å²) in [6.45, 7) is 5.58. The molecule has 1 aliphatic rings. The summed E-state index contributed by atoms with van der Waals surface area (Å²) >= 11 is 0. The first-order valence-electron chi connectivity index (χ1n) is 7.66. The highest BCUT2D eigenvalue weighted by Gasteiger charge is 2.26. The molecule has 1 saturated carbocycles. The summed E-state index contributed by atoms with van der Waals surface area (Å²) in [5.74, 6) is 1.48. The highest BCUT2D eigenvalue weighted by atomic mass is 16.1. The molecule has 0 bridgehead atoms. The lowest BCUT2D eigenvalue weighted by molar-refractivity contribution is 0.0963. The largest absolute Gasteiger partial charge is 0.355 e. The molecular formula is C17H26N2O. The monoisotopic (exact) mass is 274 g/mol. The number of benzene rings is 1. The van der Waals surface area contributed by atoms with Crippen LogP contribution in [0.15, 0.2) is 24.3 Å². The Hall–Kier alpha value is -1.35. The highest BCUT2D eigenvalue weighted by Crippen LogP contribution is 2.28. The fourth-order valence-corrected chi connectivity index (χ4v) is 3.24. The summed E-state index contributed by atoms with van der Waals surface area (Å²) in [5, 5.41) is 6.34. The van der Waals surface area contributed by atoms with Gasteiger partial charge in [-0.3, -0.25) is 4.79 Å². The highest BCUT2D eigenvalue weighted by molar-refractivity contribution is 5.93. The van der Waals surface area contributed by atoms with Crippen molar-refractivity contribution in [3.8, 4) is 0 Å². The Morgan fingerprint density at radius 1 is 1.15 bits per heavy atom. The summed E-state index contributed by atoms with van der Waals surface area (Å²) in [6, 6.07) is 8.47. The van der Waals surface area contributed by atoms with Gasteiger partial charge in [0.25, 0.3) is 5.91 Å². The van der Waals surface area contributed by atoms with E-state index in [9.17, 15) is 4.79 Å². The van der Waals surface area contributed by atoms with Crippen molar-refractivity contribution in [2.45, 2.75) is 45.7 Å². The second kappa shape index (κ2) is 6.89. The summed E-state index contributed by atoms with van der Waals surface area (Å²) in [7, 11) is 1.66. The lowest BCUT2D eigenvalue weighted by atomic mass is 9.78. The Bertz CT molecular complexity index is 431. The molecule has 1 fully saturated rings. The molecule has 3 nitrogen and oxygen atoms in total. The van der Waals surface area contributed by atoms with Crippen LogP contribution in [0.2, 0.25) is 0 Å². The third-order valence-corrected chi connectivity index (χ3v) is 4.53. The van der Waals surface area contributed by atoms with Crippen LogP contribution in [0.1, 0.15) is 49.0 Å². The van der Waals surface area contributed by atoms with Crippen molar-refractivity contribution in [1.29, 1.82) is 0 Å². The van der Waals surface area contributed by atoms with Crippen LogP contribution in [0, 0.1) is 11.8 Å². The second-order valence-electron chi connectivity index (χ2n) is 6.07. The van der Waals surface area contributed by atoms with Crippen molar-refractivity contribution in [3.63, 3.8) is 0 Å². The van der Waals surface area contributed by atoms with Crippen molar-refractivity contribution in [1.82, 2.24) is 10.6 Å². The minimum Gasteiger partial charge on any atom is -0.355 e. The van der Waals surface area contributed by atoms with Gasteiger partial charge in [0.2, 0.25) is 0 Å². The molecule has 2 atom stereocenters.